The Labute approximate surface area is 154 Å². The summed E-state index contributed by atoms with van der Waals surface area (Å²) in [5.74, 6) is -0.307. The molecular formula is C18H17F3N2O3S. The fourth-order valence-electron chi connectivity index (χ4n) is 3.08. The van der Waals surface area contributed by atoms with E-state index in [2.05, 4.69) is 10.3 Å². The van der Waals surface area contributed by atoms with E-state index in [-0.39, 0.29) is 10.7 Å². The molecule has 1 aliphatic carbocycles. The van der Waals surface area contributed by atoms with Crippen molar-refractivity contribution in [2.24, 2.45) is 0 Å². The quantitative estimate of drug-likeness (QED) is 0.854. The zero-order valence-electron chi connectivity index (χ0n) is 14.4. The topological polar surface area (TPSA) is 76.1 Å². The van der Waals surface area contributed by atoms with Gasteiger partial charge in [0.2, 0.25) is 5.91 Å². The van der Waals surface area contributed by atoms with Crippen molar-refractivity contribution in [1.29, 1.82) is 0 Å². The van der Waals surface area contributed by atoms with Gasteiger partial charge in [0.05, 0.1) is 15.9 Å². The molecule has 2 aromatic rings. The summed E-state index contributed by atoms with van der Waals surface area (Å²) in [7, 11) is -3.41. The molecular weight excluding hydrogens is 381 g/mol. The average Bonchev–Trinajstić information content (AvgIpc) is 2.53. The average molecular weight is 398 g/mol. The molecule has 5 nitrogen and oxygen atoms in total. The summed E-state index contributed by atoms with van der Waals surface area (Å²) in [6.07, 6.45) is -0.727. The summed E-state index contributed by atoms with van der Waals surface area (Å²) in [4.78, 5) is 16.7. The van der Waals surface area contributed by atoms with Crippen LogP contribution in [0.15, 0.2) is 47.5 Å². The SMILES string of the molecule is CS(=O)(=O)c1ccc(NC(=O)C2(c3cccc(C(F)(F)F)c3)CCC2)nc1. The van der Waals surface area contributed by atoms with Crippen LogP contribution < -0.4 is 5.32 Å². The standard InChI is InChI=1S/C18H17F3N2O3S/c1-27(25,26)14-6-7-15(22-11-14)23-16(24)17(8-3-9-17)12-4-2-5-13(10-12)18(19,20)21/h2,4-7,10-11H,3,8-9H2,1H3,(H,22,23,24). The number of nitrogens with zero attached hydrogens (tertiary/aromatic N) is 1. The molecule has 0 radical (unpaired) electrons. The monoisotopic (exact) mass is 398 g/mol. The lowest BCUT2D eigenvalue weighted by Gasteiger charge is -2.40. The molecule has 1 N–H and O–H groups in total. The maximum atomic E-state index is 13.0. The lowest BCUT2D eigenvalue weighted by atomic mass is 9.63. The van der Waals surface area contributed by atoms with Gasteiger partial charge in [0.1, 0.15) is 5.82 Å². The van der Waals surface area contributed by atoms with Crippen molar-refractivity contribution in [2.75, 3.05) is 11.6 Å². The van der Waals surface area contributed by atoms with Crippen molar-refractivity contribution in [3.05, 3.63) is 53.7 Å². The first-order valence-electron chi connectivity index (χ1n) is 8.18. The van der Waals surface area contributed by atoms with Gasteiger partial charge in [-0.15, -0.1) is 0 Å². The number of sulfone groups is 1. The number of hydrogen-bond acceptors (Lipinski definition) is 4. The minimum absolute atomic E-state index is 0.0109. The first-order valence-corrected chi connectivity index (χ1v) is 10.1. The van der Waals surface area contributed by atoms with Crippen LogP contribution in [-0.2, 0) is 26.2 Å². The highest BCUT2D eigenvalue weighted by molar-refractivity contribution is 7.90. The summed E-state index contributed by atoms with van der Waals surface area (Å²) in [5, 5.41) is 2.59. The molecule has 1 aliphatic rings. The van der Waals surface area contributed by atoms with Crippen LogP contribution >= 0.6 is 0 Å². The van der Waals surface area contributed by atoms with Crippen LogP contribution in [0.25, 0.3) is 0 Å². The molecule has 0 bridgehead atoms. The highest BCUT2D eigenvalue weighted by Gasteiger charge is 2.46. The zero-order valence-corrected chi connectivity index (χ0v) is 15.2. The first kappa shape index (κ1) is 19.3. The van der Waals surface area contributed by atoms with Crippen molar-refractivity contribution >= 4 is 21.6 Å². The second-order valence-electron chi connectivity index (χ2n) is 6.62. The van der Waals surface area contributed by atoms with E-state index in [1.165, 1.54) is 24.3 Å². The number of anilines is 1. The Balaban J connectivity index is 1.86. The van der Waals surface area contributed by atoms with Crippen LogP contribution in [0.1, 0.15) is 30.4 Å². The molecule has 0 spiro atoms. The van der Waals surface area contributed by atoms with Crippen LogP contribution in [-0.4, -0.2) is 25.6 Å². The highest BCUT2D eigenvalue weighted by Crippen LogP contribution is 2.45. The van der Waals surface area contributed by atoms with E-state index in [0.717, 1.165) is 31.0 Å². The van der Waals surface area contributed by atoms with E-state index in [0.29, 0.717) is 18.4 Å². The fraction of sp³-hybridized carbons (Fsp3) is 0.333. The lowest BCUT2D eigenvalue weighted by molar-refractivity contribution is -0.138. The van der Waals surface area contributed by atoms with Crippen LogP contribution in [0.5, 0.6) is 0 Å². The van der Waals surface area contributed by atoms with Gasteiger partial charge >= 0.3 is 6.18 Å². The third-order valence-electron chi connectivity index (χ3n) is 4.79. The van der Waals surface area contributed by atoms with Crippen molar-refractivity contribution in [3.8, 4) is 0 Å². The summed E-state index contributed by atoms with van der Waals surface area (Å²) < 4.78 is 61.9. The van der Waals surface area contributed by atoms with E-state index in [1.54, 1.807) is 0 Å². The van der Waals surface area contributed by atoms with Crippen molar-refractivity contribution in [3.63, 3.8) is 0 Å². The van der Waals surface area contributed by atoms with Gasteiger partial charge in [-0.05, 0) is 36.6 Å². The van der Waals surface area contributed by atoms with Gasteiger partial charge in [0.25, 0.3) is 0 Å². The lowest BCUT2D eigenvalue weighted by Crippen LogP contribution is -2.46. The first-order chi connectivity index (χ1) is 12.5. The highest BCUT2D eigenvalue weighted by atomic mass is 32.2. The van der Waals surface area contributed by atoms with Crippen molar-refractivity contribution in [1.82, 2.24) is 4.98 Å². The molecule has 0 saturated heterocycles. The number of nitrogens with one attached hydrogen (secondary N) is 1. The number of carbonyl (C=O) groups excluding carboxylic acids is 1. The van der Waals surface area contributed by atoms with Crippen molar-refractivity contribution in [2.45, 2.75) is 35.7 Å². The Hall–Kier alpha value is -2.42. The molecule has 1 aromatic heterocycles. The number of rotatable bonds is 4. The largest absolute Gasteiger partial charge is 0.416 e. The van der Waals surface area contributed by atoms with Gasteiger partial charge in [-0.2, -0.15) is 13.2 Å². The molecule has 0 aliphatic heterocycles. The normalized spacial score (nSPS) is 16.4. The third kappa shape index (κ3) is 3.83. The second kappa shape index (κ2) is 6.63. The number of alkyl halides is 3. The molecule has 1 heterocycles. The third-order valence-corrected chi connectivity index (χ3v) is 5.89. The molecule has 1 aromatic carbocycles. The smallest absolute Gasteiger partial charge is 0.310 e. The molecule has 1 fully saturated rings. The van der Waals surface area contributed by atoms with Gasteiger partial charge in [-0.25, -0.2) is 13.4 Å². The minimum atomic E-state index is -4.49. The van der Waals surface area contributed by atoms with E-state index in [9.17, 15) is 26.4 Å². The number of benzene rings is 1. The summed E-state index contributed by atoms with van der Waals surface area (Å²) in [6, 6.07) is 7.47. The molecule has 1 amide bonds. The predicted octanol–water partition coefficient (Wildman–Crippen LogP) is 3.56. The van der Waals surface area contributed by atoms with Crippen LogP contribution in [0, 0.1) is 0 Å². The number of pyridine rings is 1. The van der Waals surface area contributed by atoms with Crippen LogP contribution in [0.3, 0.4) is 0 Å². The fourth-order valence-corrected chi connectivity index (χ4v) is 3.64. The number of hydrogen-bond donors (Lipinski definition) is 1. The maximum absolute atomic E-state index is 13.0. The summed E-state index contributed by atoms with van der Waals surface area (Å²) in [5.41, 5.74) is -1.53. The van der Waals surface area contributed by atoms with Gasteiger partial charge < -0.3 is 5.32 Å². The minimum Gasteiger partial charge on any atom is -0.310 e. The molecule has 144 valence electrons. The number of amides is 1. The van der Waals surface area contributed by atoms with Gasteiger partial charge in [0, 0.05) is 12.5 Å². The number of carbonyl (C=O) groups is 1. The number of halogens is 3. The Kier molecular flexibility index (Phi) is 4.75. The summed E-state index contributed by atoms with van der Waals surface area (Å²) >= 11 is 0. The van der Waals surface area contributed by atoms with Gasteiger partial charge in [0.15, 0.2) is 9.84 Å². The van der Waals surface area contributed by atoms with Gasteiger partial charge in [-0.3, -0.25) is 4.79 Å². The van der Waals surface area contributed by atoms with Crippen LogP contribution in [0.4, 0.5) is 19.0 Å². The van der Waals surface area contributed by atoms with E-state index < -0.39 is 32.9 Å². The summed E-state index contributed by atoms with van der Waals surface area (Å²) in [6.45, 7) is 0. The predicted molar refractivity (Wildman–Crippen MR) is 92.9 cm³/mol. The zero-order chi connectivity index (χ0) is 19.9. The van der Waals surface area contributed by atoms with Crippen molar-refractivity contribution < 1.29 is 26.4 Å². The molecule has 27 heavy (non-hydrogen) atoms. The molecule has 9 heteroatoms. The number of aromatic nitrogens is 1. The van der Waals surface area contributed by atoms with Gasteiger partial charge in [-0.1, -0.05) is 24.6 Å². The Morgan fingerprint density at radius 3 is 2.37 bits per heavy atom. The molecule has 1 saturated carbocycles. The van der Waals surface area contributed by atoms with E-state index in [4.69, 9.17) is 0 Å². The maximum Gasteiger partial charge on any atom is 0.416 e. The molecule has 0 atom stereocenters. The van der Waals surface area contributed by atoms with E-state index >= 15 is 0 Å². The Morgan fingerprint density at radius 2 is 1.89 bits per heavy atom. The van der Waals surface area contributed by atoms with E-state index in [1.807, 2.05) is 0 Å². The second-order valence-corrected chi connectivity index (χ2v) is 8.64. The van der Waals surface area contributed by atoms with Crippen LogP contribution in [0.2, 0.25) is 0 Å². The molecule has 3 rings (SSSR count). The molecule has 0 unspecified atom stereocenters. The Bertz CT molecular complexity index is 966. The Morgan fingerprint density at radius 1 is 1.19 bits per heavy atom.